The molecule has 1 aliphatic heterocycles. The third-order valence-electron chi connectivity index (χ3n) is 3.85. The fourth-order valence-electron chi connectivity index (χ4n) is 2.51. The van der Waals surface area contributed by atoms with Crippen LogP contribution in [-0.4, -0.2) is 57.2 Å². The molecule has 0 N–H and O–H groups in total. The standard InChI is InChI=1S/C14H21N5O/c1-11-9-12(17(4)16-11)13(20)18-5-7-19(8-6-18)14(2,3)10-15/h9H,5-8H2,1-4H3. The minimum atomic E-state index is -0.474. The van der Waals surface area contributed by atoms with Gasteiger partial charge in [0.1, 0.15) is 11.2 Å². The van der Waals surface area contributed by atoms with Crippen LogP contribution < -0.4 is 0 Å². The largest absolute Gasteiger partial charge is 0.335 e. The van der Waals surface area contributed by atoms with Gasteiger partial charge in [-0.3, -0.25) is 14.4 Å². The molecule has 0 atom stereocenters. The van der Waals surface area contributed by atoms with E-state index in [0.29, 0.717) is 18.8 Å². The summed E-state index contributed by atoms with van der Waals surface area (Å²) in [4.78, 5) is 16.4. The summed E-state index contributed by atoms with van der Waals surface area (Å²) in [5.74, 6) is 0.0162. The summed E-state index contributed by atoms with van der Waals surface area (Å²) in [7, 11) is 1.79. The van der Waals surface area contributed by atoms with Crippen molar-refractivity contribution in [2.45, 2.75) is 26.3 Å². The summed E-state index contributed by atoms with van der Waals surface area (Å²) in [6, 6.07) is 4.12. The SMILES string of the molecule is Cc1cc(C(=O)N2CCN(C(C)(C)C#N)CC2)n(C)n1. The Balaban J connectivity index is 2.03. The van der Waals surface area contributed by atoms with E-state index in [1.165, 1.54) is 0 Å². The number of amides is 1. The van der Waals surface area contributed by atoms with E-state index in [1.54, 1.807) is 11.7 Å². The second kappa shape index (κ2) is 5.25. The van der Waals surface area contributed by atoms with Gasteiger partial charge in [0.15, 0.2) is 0 Å². The molecule has 2 heterocycles. The zero-order valence-corrected chi connectivity index (χ0v) is 12.6. The van der Waals surface area contributed by atoms with Crippen molar-refractivity contribution in [1.82, 2.24) is 19.6 Å². The van der Waals surface area contributed by atoms with Crippen LogP contribution in [0, 0.1) is 18.3 Å². The third kappa shape index (κ3) is 2.68. The number of hydrogen-bond donors (Lipinski definition) is 0. The van der Waals surface area contributed by atoms with Crippen molar-refractivity contribution < 1.29 is 4.79 Å². The smallest absolute Gasteiger partial charge is 0.272 e. The number of piperazine rings is 1. The number of rotatable bonds is 2. The number of carbonyl (C=O) groups excluding carboxylic acids is 1. The van der Waals surface area contributed by atoms with Crippen LogP contribution in [0.15, 0.2) is 6.07 Å². The second-order valence-electron chi connectivity index (χ2n) is 5.74. The van der Waals surface area contributed by atoms with Crippen LogP contribution in [0.5, 0.6) is 0 Å². The highest BCUT2D eigenvalue weighted by atomic mass is 16.2. The fraction of sp³-hybridized carbons (Fsp3) is 0.643. The molecule has 1 aliphatic rings. The van der Waals surface area contributed by atoms with Crippen LogP contribution in [0.25, 0.3) is 0 Å². The summed E-state index contributed by atoms with van der Waals surface area (Å²) in [5.41, 5.74) is 0.994. The molecule has 1 saturated heterocycles. The van der Waals surface area contributed by atoms with Gasteiger partial charge in [-0.25, -0.2) is 0 Å². The van der Waals surface area contributed by atoms with Gasteiger partial charge in [-0.1, -0.05) is 0 Å². The Kier molecular flexibility index (Phi) is 3.82. The van der Waals surface area contributed by atoms with E-state index < -0.39 is 5.54 Å². The normalized spacial score (nSPS) is 17.1. The maximum Gasteiger partial charge on any atom is 0.272 e. The second-order valence-corrected chi connectivity index (χ2v) is 5.74. The molecule has 6 heteroatoms. The molecule has 1 amide bonds. The van der Waals surface area contributed by atoms with Crippen molar-refractivity contribution >= 4 is 5.91 Å². The van der Waals surface area contributed by atoms with E-state index in [0.717, 1.165) is 18.8 Å². The lowest BCUT2D eigenvalue weighted by Gasteiger charge is -2.40. The minimum absolute atomic E-state index is 0.0162. The molecular formula is C14H21N5O. The number of nitriles is 1. The Bertz CT molecular complexity index is 546. The van der Waals surface area contributed by atoms with E-state index in [2.05, 4.69) is 16.1 Å². The van der Waals surface area contributed by atoms with Crippen molar-refractivity contribution in [1.29, 1.82) is 5.26 Å². The first kappa shape index (κ1) is 14.5. The Hall–Kier alpha value is -1.87. The molecule has 0 saturated carbocycles. The van der Waals surface area contributed by atoms with Gasteiger partial charge in [0.25, 0.3) is 5.91 Å². The molecule has 0 unspecified atom stereocenters. The summed E-state index contributed by atoms with van der Waals surface area (Å²) in [6.45, 7) is 8.45. The highest BCUT2D eigenvalue weighted by Gasteiger charge is 2.31. The highest BCUT2D eigenvalue weighted by molar-refractivity contribution is 5.92. The van der Waals surface area contributed by atoms with Crippen LogP contribution in [0.3, 0.4) is 0 Å². The summed E-state index contributed by atoms with van der Waals surface area (Å²) in [5, 5.41) is 13.4. The molecule has 0 spiro atoms. The van der Waals surface area contributed by atoms with E-state index in [1.807, 2.05) is 31.7 Å². The van der Waals surface area contributed by atoms with E-state index >= 15 is 0 Å². The van der Waals surface area contributed by atoms with Crippen LogP contribution in [0.4, 0.5) is 0 Å². The Morgan fingerprint density at radius 2 is 1.95 bits per heavy atom. The zero-order chi connectivity index (χ0) is 14.9. The third-order valence-corrected chi connectivity index (χ3v) is 3.85. The van der Waals surface area contributed by atoms with Gasteiger partial charge in [0.05, 0.1) is 11.8 Å². The van der Waals surface area contributed by atoms with Crippen LogP contribution >= 0.6 is 0 Å². The monoisotopic (exact) mass is 275 g/mol. The fourth-order valence-corrected chi connectivity index (χ4v) is 2.51. The Labute approximate surface area is 119 Å². The van der Waals surface area contributed by atoms with Gasteiger partial charge >= 0.3 is 0 Å². The molecule has 1 aromatic rings. The predicted octanol–water partition coefficient (Wildman–Crippen LogP) is 0.788. The summed E-state index contributed by atoms with van der Waals surface area (Å²) in [6.07, 6.45) is 0. The summed E-state index contributed by atoms with van der Waals surface area (Å²) >= 11 is 0. The Morgan fingerprint density at radius 1 is 1.35 bits per heavy atom. The molecular weight excluding hydrogens is 254 g/mol. The number of aryl methyl sites for hydroxylation is 2. The van der Waals surface area contributed by atoms with Crippen molar-refractivity contribution in [2.24, 2.45) is 7.05 Å². The molecule has 6 nitrogen and oxygen atoms in total. The van der Waals surface area contributed by atoms with Crippen molar-refractivity contribution in [3.63, 3.8) is 0 Å². The first-order valence-corrected chi connectivity index (χ1v) is 6.81. The van der Waals surface area contributed by atoms with Crippen LogP contribution in [0.1, 0.15) is 30.0 Å². The molecule has 108 valence electrons. The number of hydrogen-bond acceptors (Lipinski definition) is 4. The molecule has 1 fully saturated rings. The number of nitrogens with zero attached hydrogens (tertiary/aromatic N) is 5. The van der Waals surface area contributed by atoms with Gasteiger partial charge in [-0.15, -0.1) is 0 Å². The Morgan fingerprint density at radius 3 is 2.40 bits per heavy atom. The maximum absolute atomic E-state index is 12.4. The molecule has 1 aromatic heterocycles. The molecule has 20 heavy (non-hydrogen) atoms. The summed E-state index contributed by atoms with van der Waals surface area (Å²) < 4.78 is 1.63. The first-order valence-electron chi connectivity index (χ1n) is 6.81. The first-order chi connectivity index (χ1) is 9.35. The van der Waals surface area contributed by atoms with Crippen LogP contribution in [-0.2, 0) is 7.05 Å². The van der Waals surface area contributed by atoms with Crippen molar-refractivity contribution in [3.8, 4) is 6.07 Å². The van der Waals surface area contributed by atoms with Gasteiger partial charge in [0, 0.05) is 33.2 Å². The zero-order valence-electron chi connectivity index (χ0n) is 12.6. The van der Waals surface area contributed by atoms with Crippen molar-refractivity contribution in [2.75, 3.05) is 26.2 Å². The molecule has 0 aliphatic carbocycles. The number of aromatic nitrogens is 2. The van der Waals surface area contributed by atoms with E-state index in [9.17, 15) is 4.79 Å². The average Bonchev–Trinajstić information content (AvgIpc) is 2.77. The lowest BCUT2D eigenvalue weighted by Crippen LogP contribution is -2.55. The topological polar surface area (TPSA) is 65.2 Å². The molecule has 0 aromatic carbocycles. The van der Waals surface area contributed by atoms with Gasteiger partial charge in [0.2, 0.25) is 0 Å². The lowest BCUT2D eigenvalue weighted by molar-refractivity contribution is 0.0511. The van der Waals surface area contributed by atoms with Crippen LogP contribution in [0.2, 0.25) is 0 Å². The van der Waals surface area contributed by atoms with E-state index in [4.69, 9.17) is 5.26 Å². The van der Waals surface area contributed by atoms with Gasteiger partial charge in [-0.2, -0.15) is 10.4 Å². The quantitative estimate of drug-likeness (QED) is 0.800. The van der Waals surface area contributed by atoms with Gasteiger partial charge in [-0.05, 0) is 26.8 Å². The number of carbonyl (C=O) groups is 1. The molecule has 2 rings (SSSR count). The minimum Gasteiger partial charge on any atom is -0.335 e. The maximum atomic E-state index is 12.4. The van der Waals surface area contributed by atoms with E-state index in [-0.39, 0.29) is 5.91 Å². The van der Waals surface area contributed by atoms with Gasteiger partial charge < -0.3 is 4.90 Å². The van der Waals surface area contributed by atoms with Crippen molar-refractivity contribution in [3.05, 3.63) is 17.5 Å². The highest BCUT2D eigenvalue weighted by Crippen LogP contribution is 2.17. The lowest BCUT2D eigenvalue weighted by atomic mass is 10.0. The average molecular weight is 275 g/mol. The molecule has 0 radical (unpaired) electrons. The predicted molar refractivity (Wildman–Crippen MR) is 75.1 cm³/mol. The molecule has 0 bridgehead atoms.